The molecule has 8 aromatic rings. The number of anilines is 6. The molecule has 0 saturated heterocycles. The van der Waals surface area contributed by atoms with Crippen LogP contribution in [0.5, 0.6) is 11.5 Å². The standard InChI is InChI=1S/C61H56N2O2/c1-37-15-11-17-39(27-37)62(40-18-12-16-38(2)28-40)43-23-25-47-49-33-57-51(35-55(49)59(3,4)53(47)31-43)52-36-56-50(34-58(52)61(57,7)8)48-26-24-44(32-54(48)60(56,5)6)63(41-19-13-21-45(29-41)64-9)42-20-14-22-46(30-42)65-10/h11-36H,1-10H3. The maximum atomic E-state index is 5.70. The first-order valence-corrected chi connectivity index (χ1v) is 22.9. The number of fused-ring (bicyclic) bond motifs is 9. The lowest BCUT2D eigenvalue weighted by Gasteiger charge is -2.28. The highest BCUT2D eigenvalue weighted by Gasteiger charge is 2.45. The lowest BCUT2D eigenvalue weighted by Crippen LogP contribution is -2.18. The number of benzene rings is 8. The summed E-state index contributed by atoms with van der Waals surface area (Å²) in [6, 6.07) is 58.6. The van der Waals surface area contributed by atoms with E-state index in [1.165, 1.54) is 95.0 Å². The number of methoxy groups -OCH3 is 2. The van der Waals surface area contributed by atoms with Crippen LogP contribution in [0.2, 0.25) is 0 Å². The molecule has 3 aliphatic carbocycles. The van der Waals surface area contributed by atoms with Gasteiger partial charge in [0.25, 0.3) is 0 Å². The number of nitrogens with zero attached hydrogens (tertiary/aromatic N) is 2. The minimum Gasteiger partial charge on any atom is -0.497 e. The zero-order chi connectivity index (χ0) is 45.2. The van der Waals surface area contributed by atoms with Crippen molar-refractivity contribution in [2.24, 2.45) is 0 Å². The quantitative estimate of drug-likeness (QED) is 0.152. The molecule has 4 heteroatoms. The van der Waals surface area contributed by atoms with Gasteiger partial charge in [0.2, 0.25) is 0 Å². The Balaban J connectivity index is 1.00. The first-order chi connectivity index (χ1) is 31.2. The largest absolute Gasteiger partial charge is 0.497 e. The molecule has 11 rings (SSSR count). The Labute approximate surface area is 384 Å². The minimum atomic E-state index is -0.236. The van der Waals surface area contributed by atoms with Gasteiger partial charge < -0.3 is 19.3 Å². The molecular weight excluding hydrogens is 793 g/mol. The van der Waals surface area contributed by atoms with Crippen molar-refractivity contribution in [1.29, 1.82) is 0 Å². The second-order valence-corrected chi connectivity index (χ2v) is 20.0. The number of ether oxygens (including phenoxy) is 2. The van der Waals surface area contributed by atoms with E-state index in [4.69, 9.17) is 9.47 Å². The number of rotatable bonds is 8. The van der Waals surface area contributed by atoms with Gasteiger partial charge in [-0.1, -0.05) is 90.1 Å². The molecule has 0 heterocycles. The molecule has 0 N–H and O–H groups in total. The van der Waals surface area contributed by atoms with Crippen molar-refractivity contribution >= 4 is 34.1 Å². The number of hydrogen-bond donors (Lipinski definition) is 0. The van der Waals surface area contributed by atoms with Crippen molar-refractivity contribution in [2.75, 3.05) is 24.0 Å². The van der Waals surface area contributed by atoms with Gasteiger partial charge in [-0.3, -0.25) is 0 Å². The summed E-state index contributed by atoms with van der Waals surface area (Å²) in [5.74, 6) is 1.62. The van der Waals surface area contributed by atoms with E-state index in [-0.39, 0.29) is 16.2 Å². The molecule has 0 aliphatic heterocycles. The molecule has 3 aliphatic rings. The lowest BCUT2D eigenvalue weighted by molar-refractivity contribution is 0.414. The predicted octanol–water partition coefficient (Wildman–Crippen LogP) is 16.2. The summed E-state index contributed by atoms with van der Waals surface area (Å²) in [4.78, 5) is 4.72. The van der Waals surface area contributed by atoms with Crippen LogP contribution in [0, 0.1) is 13.8 Å². The van der Waals surface area contributed by atoms with Gasteiger partial charge in [-0.25, -0.2) is 0 Å². The van der Waals surface area contributed by atoms with Crippen molar-refractivity contribution < 1.29 is 9.47 Å². The monoisotopic (exact) mass is 848 g/mol. The molecular formula is C61H56N2O2. The molecule has 322 valence electrons. The zero-order valence-corrected chi connectivity index (χ0v) is 39.2. The predicted molar refractivity (Wildman–Crippen MR) is 271 cm³/mol. The van der Waals surface area contributed by atoms with Gasteiger partial charge >= 0.3 is 0 Å². The summed E-state index contributed by atoms with van der Waals surface area (Å²) in [6.07, 6.45) is 0. The second kappa shape index (κ2) is 14.5. The molecule has 0 atom stereocenters. The van der Waals surface area contributed by atoms with Gasteiger partial charge in [-0.15, -0.1) is 0 Å². The van der Waals surface area contributed by atoms with Crippen LogP contribution in [0.3, 0.4) is 0 Å². The van der Waals surface area contributed by atoms with Crippen molar-refractivity contribution in [3.05, 3.63) is 202 Å². The van der Waals surface area contributed by atoms with Crippen molar-refractivity contribution in [3.8, 4) is 44.9 Å². The number of hydrogen-bond acceptors (Lipinski definition) is 4. The SMILES string of the molecule is COc1cccc(N(c2cccc(OC)c2)c2ccc3c(c2)C(C)(C)c2cc4c(cc2-3)C(C)(C)c2cc3c(cc2-4)C(C)(C)c2cc(N(c4cccc(C)c4)c4cccc(C)c4)ccc2-3)c1. The fourth-order valence-electron chi connectivity index (χ4n) is 11.4. The average Bonchev–Trinajstić information content (AvgIpc) is 3.76. The van der Waals surface area contributed by atoms with Gasteiger partial charge in [0.15, 0.2) is 0 Å². The second-order valence-electron chi connectivity index (χ2n) is 20.0. The zero-order valence-electron chi connectivity index (χ0n) is 39.2. The van der Waals surface area contributed by atoms with E-state index in [1.807, 2.05) is 12.1 Å². The third kappa shape index (κ3) is 6.17. The fourth-order valence-corrected chi connectivity index (χ4v) is 11.4. The Morgan fingerprint density at radius 2 is 0.600 bits per heavy atom. The summed E-state index contributed by atoms with van der Waals surface area (Å²) >= 11 is 0. The number of aryl methyl sites for hydroxylation is 2. The third-order valence-corrected chi connectivity index (χ3v) is 14.9. The summed E-state index contributed by atoms with van der Waals surface area (Å²) < 4.78 is 11.4. The topological polar surface area (TPSA) is 24.9 Å². The molecule has 8 aromatic carbocycles. The van der Waals surface area contributed by atoms with Crippen molar-refractivity contribution in [2.45, 2.75) is 71.6 Å². The smallest absolute Gasteiger partial charge is 0.120 e. The first kappa shape index (κ1) is 40.7. The van der Waals surface area contributed by atoms with Crippen LogP contribution in [0.4, 0.5) is 34.1 Å². The van der Waals surface area contributed by atoms with E-state index in [9.17, 15) is 0 Å². The fraction of sp³-hybridized carbons (Fsp3) is 0.213. The van der Waals surface area contributed by atoms with Gasteiger partial charge in [-0.2, -0.15) is 0 Å². The highest BCUT2D eigenvalue weighted by atomic mass is 16.5. The van der Waals surface area contributed by atoms with Crippen LogP contribution in [0.15, 0.2) is 158 Å². The molecule has 0 radical (unpaired) electrons. The molecule has 0 unspecified atom stereocenters. The molecule has 0 bridgehead atoms. The lowest BCUT2D eigenvalue weighted by atomic mass is 9.78. The maximum absolute atomic E-state index is 5.70. The Morgan fingerprint density at radius 3 is 0.938 bits per heavy atom. The Hall–Kier alpha value is -7.04. The van der Waals surface area contributed by atoms with Crippen LogP contribution in [-0.2, 0) is 16.2 Å². The van der Waals surface area contributed by atoms with Crippen LogP contribution in [-0.4, -0.2) is 14.2 Å². The van der Waals surface area contributed by atoms with E-state index < -0.39 is 0 Å². The van der Waals surface area contributed by atoms with E-state index in [0.29, 0.717) is 0 Å². The van der Waals surface area contributed by atoms with E-state index in [0.717, 1.165) is 28.6 Å². The Morgan fingerprint density at radius 1 is 0.308 bits per heavy atom. The highest BCUT2D eigenvalue weighted by molar-refractivity contribution is 5.95. The van der Waals surface area contributed by atoms with Crippen LogP contribution >= 0.6 is 0 Å². The summed E-state index contributed by atoms with van der Waals surface area (Å²) in [5.41, 5.74) is 24.8. The molecule has 0 fully saturated rings. The minimum absolute atomic E-state index is 0.183. The molecule has 0 spiro atoms. The van der Waals surface area contributed by atoms with Crippen molar-refractivity contribution in [3.63, 3.8) is 0 Å². The summed E-state index contributed by atoms with van der Waals surface area (Å²) in [5, 5.41) is 0. The summed E-state index contributed by atoms with van der Waals surface area (Å²) in [7, 11) is 3.44. The van der Waals surface area contributed by atoms with Crippen molar-refractivity contribution in [1.82, 2.24) is 0 Å². The first-order valence-electron chi connectivity index (χ1n) is 22.9. The molecule has 0 amide bonds. The van der Waals surface area contributed by atoms with Crippen LogP contribution in [0.1, 0.15) is 86.1 Å². The van der Waals surface area contributed by atoms with E-state index in [1.54, 1.807) is 14.2 Å². The summed E-state index contributed by atoms with van der Waals surface area (Å²) in [6.45, 7) is 18.8. The highest BCUT2D eigenvalue weighted by Crippen LogP contribution is 2.60. The van der Waals surface area contributed by atoms with Gasteiger partial charge in [0.1, 0.15) is 11.5 Å². The average molecular weight is 849 g/mol. The van der Waals surface area contributed by atoms with Crippen LogP contribution < -0.4 is 19.3 Å². The van der Waals surface area contributed by atoms with Gasteiger partial charge in [-0.05, 0) is 189 Å². The van der Waals surface area contributed by atoms with Gasteiger partial charge in [0, 0.05) is 62.5 Å². The van der Waals surface area contributed by atoms with E-state index >= 15 is 0 Å². The Bertz CT molecular complexity index is 3170. The normalized spacial score (nSPS) is 15.0. The molecule has 65 heavy (non-hydrogen) atoms. The van der Waals surface area contributed by atoms with E-state index in [2.05, 4.69) is 211 Å². The maximum Gasteiger partial charge on any atom is 0.120 e. The molecule has 0 saturated carbocycles. The molecule has 0 aromatic heterocycles. The molecule has 4 nitrogen and oxygen atoms in total. The van der Waals surface area contributed by atoms with Gasteiger partial charge in [0.05, 0.1) is 14.2 Å². The third-order valence-electron chi connectivity index (χ3n) is 14.9. The van der Waals surface area contributed by atoms with Crippen LogP contribution in [0.25, 0.3) is 33.4 Å². The Kier molecular flexibility index (Phi) is 9.07.